The summed E-state index contributed by atoms with van der Waals surface area (Å²) in [6, 6.07) is 28.8. The molecule has 0 amide bonds. The number of nitrogens with zero attached hydrogens (tertiary/aromatic N) is 2. The molecule has 0 saturated carbocycles. The van der Waals surface area contributed by atoms with Gasteiger partial charge in [-0.15, -0.1) is 0 Å². The Kier molecular flexibility index (Phi) is 4.21. The van der Waals surface area contributed by atoms with Crippen LogP contribution in [0.3, 0.4) is 0 Å². The molecule has 3 nitrogen and oxygen atoms in total. The molecule has 0 aliphatic carbocycles. The van der Waals surface area contributed by atoms with Crippen LogP contribution in [0.4, 0.5) is 0 Å². The first-order valence-corrected chi connectivity index (χ1v) is 8.51. The van der Waals surface area contributed by atoms with Gasteiger partial charge in [-0.2, -0.15) is 0 Å². The van der Waals surface area contributed by atoms with Gasteiger partial charge in [-0.1, -0.05) is 60.7 Å². The number of imidazole rings is 1. The van der Waals surface area contributed by atoms with Crippen LogP contribution < -0.4 is 4.74 Å². The fourth-order valence-corrected chi connectivity index (χ4v) is 3.17. The first-order valence-electron chi connectivity index (χ1n) is 8.51. The van der Waals surface area contributed by atoms with Gasteiger partial charge in [-0.05, 0) is 36.8 Å². The van der Waals surface area contributed by atoms with Crippen molar-refractivity contribution in [3.63, 3.8) is 0 Å². The van der Waals surface area contributed by atoms with E-state index in [-0.39, 0.29) is 6.04 Å². The summed E-state index contributed by atoms with van der Waals surface area (Å²) in [5.74, 6) is 1.79. The minimum absolute atomic E-state index is 0.183. The Labute approximate surface area is 147 Å². The highest BCUT2D eigenvalue weighted by Crippen LogP contribution is 2.26. The van der Waals surface area contributed by atoms with Crippen molar-refractivity contribution in [1.29, 1.82) is 0 Å². The number of hydrogen-bond donors (Lipinski definition) is 0. The Bertz CT molecular complexity index is 961. The number of hydrogen-bond acceptors (Lipinski definition) is 2. The van der Waals surface area contributed by atoms with Gasteiger partial charge in [0.2, 0.25) is 0 Å². The van der Waals surface area contributed by atoms with Crippen LogP contribution in [-0.2, 0) is 6.61 Å². The van der Waals surface area contributed by atoms with Crippen LogP contribution in [0.25, 0.3) is 11.0 Å². The molecule has 0 aliphatic rings. The van der Waals surface area contributed by atoms with Crippen LogP contribution in [-0.4, -0.2) is 9.55 Å². The maximum absolute atomic E-state index is 5.96. The molecule has 0 bridgehead atoms. The van der Waals surface area contributed by atoms with E-state index in [1.807, 2.05) is 42.5 Å². The molecule has 3 aromatic carbocycles. The lowest BCUT2D eigenvalue weighted by molar-refractivity contribution is 0.288. The molecule has 25 heavy (non-hydrogen) atoms. The fourth-order valence-electron chi connectivity index (χ4n) is 3.17. The van der Waals surface area contributed by atoms with Gasteiger partial charge >= 0.3 is 0 Å². The first kappa shape index (κ1) is 15.5. The zero-order valence-electron chi connectivity index (χ0n) is 14.2. The van der Waals surface area contributed by atoms with Gasteiger partial charge in [0.25, 0.3) is 0 Å². The van der Waals surface area contributed by atoms with Crippen molar-refractivity contribution in [2.45, 2.75) is 19.6 Å². The predicted molar refractivity (Wildman–Crippen MR) is 101 cm³/mol. The number of benzene rings is 3. The average molecular weight is 328 g/mol. The van der Waals surface area contributed by atoms with Crippen molar-refractivity contribution in [2.75, 3.05) is 0 Å². The van der Waals surface area contributed by atoms with Gasteiger partial charge < -0.3 is 9.30 Å². The van der Waals surface area contributed by atoms with Crippen LogP contribution in [0.5, 0.6) is 5.75 Å². The van der Waals surface area contributed by atoms with Crippen LogP contribution in [0.2, 0.25) is 0 Å². The van der Waals surface area contributed by atoms with Crippen molar-refractivity contribution in [3.05, 3.63) is 96.3 Å². The van der Waals surface area contributed by atoms with Crippen molar-refractivity contribution in [3.8, 4) is 5.75 Å². The Morgan fingerprint density at radius 3 is 2.24 bits per heavy atom. The minimum atomic E-state index is 0.183. The van der Waals surface area contributed by atoms with E-state index in [0.29, 0.717) is 6.61 Å². The minimum Gasteiger partial charge on any atom is -0.486 e. The quantitative estimate of drug-likeness (QED) is 0.502. The topological polar surface area (TPSA) is 27.1 Å². The van der Waals surface area contributed by atoms with Gasteiger partial charge in [0, 0.05) is 0 Å². The van der Waals surface area contributed by atoms with E-state index in [2.05, 4.69) is 54.0 Å². The van der Waals surface area contributed by atoms with E-state index in [9.17, 15) is 0 Å². The summed E-state index contributed by atoms with van der Waals surface area (Å²) < 4.78 is 8.24. The molecule has 0 radical (unpaired) electrons. The monoisotopic (exact) mass is 328 g/mol. The third-order valence-corrected chi connectivity index (χ3v) is 4.45. The second kappa shape index (κ2) is 6.81. The Balaban J connectivity index is 1.73. The summed E-state index contributed by atoms with van der Waals surface area (Å²) in [6.45, 7) is 2.64. The second-order valence-electron chi connectivity index (χ2n) is 6.08. The first-order chi connectivity index (χ1) is 12.3. The lowest BCUT2D eigenvalue weighted by atomic mass is 10.1. The van der Waals surface area contributed by atoms with Gasteiger partial charge in [0.1, 0.15) is 18.2 Å². The van der Waals surface area contributed by atoms with E-state index in [4.69, 9.17) is 9.72 Å². The van der Waals surface area contributed by atoms with Crippen molar-refractivity contribution >= 4 is 11.0 Å². The SMILES string of the molecule is C[C@H](c1ccccc1)n1c(COc2ccccc2)nc2ccccc21. The number of para-hydroxylation sites is 3. The Morgan fingerprint density at radius 1 is 0.840 bits per heavy atom. The van der Waals surface area contributed by atoms with E-state index >= 15 is 0 Å². The number of ether oxygens (including phenoxy) is 1. The van der Waals surface area contributed by atoms with Gasteiger partial charge in [0.05, 0.1) is 17.1 Å². The molecule has 0 saturated heterocycles. The van der Waals surface area contributed by atoms with E-state index in [0.717, 1.165) is 22.6 Å². The molecule has 3 heteroatoms. The molecule has 4 rings (SSSR count). The zero-order chi connectivity index (χ0) is 17.1. The molecule has 0 N–H and O–H groups in total. The van der Waals surface area contributed by atoms with Gasteiger partial charge in [0.15, 0.2) is 0 Å². The largest absolute Gasteiger partial charge is 0.486 e. The molecule has 0 aliphatic heterocycles. The molecule has 1 atom stereocenters. The predicted octanol–water partition coefficient (Wildman–Crippen LogP) is 5.22. The standard InChI is InChI=1S/C22H20N2O/c1-17(18-10-4-2-5-11-18)24-21-15-9-8-14-20(21)23-22(24)16-25-19-12-6-3-7-13-19/h2-15,17H,16H2,1H3/t17-/m1/s1. The summed E-state index contributed by atoms with van der Waals surface area (Å²) >= 11 is 0. The van der Waals surface area contributed by atoms with Crippen LogP contribution in [0.1, 0.15) is 24.4 Å². The molecular weight excluding hydrogens is 308 g/mol. The maximum Gasteiger partial charge on any atom is 0.148 e. The molecule has 0 fully saturated rings. The van der Waals surface area contributed by atoms with Crippen LogP contribution in [0, 0.1) is 0 Å². The lowest BCUT2D eigenvalue weighted by Gasteiger charge is -2.18. The Hall–Kier alpha value is -3.07. The van der Waals surface area contributed by atoms with Crippen LogP contribution >= 0.6 is 0 Å². The van der Waals surface area contributed by atoms with E-state index < -0.39 is 0 Å². The molecule has 4 aromatic rings. The lowest BCUT2D eigenvalue weighted by Crippen LogP contribution is -2.12. The average Bonchev–Trinajstić information content (AvgIpc) is 3.05. The number of fused-ring (bicyclic) bond motifs is 1. The maximum atomic E-state index is 5.96. The summed E-state index contributed by atoms with van der Waals surface area (Å²) in [5.41, 5.74) is 3.38. The highest BCUT2D eigenvalue weighted by atomic mass is 16.5. The van der Waals surface area contributed by atoms with Crippen molar-refractivity contribution in [2.24, 2.45) is 0 Å². The molecule has 1 aromatic heterocycles. The molecule has 1 heterocycles. The number of rotatable bonds is 5. The second-order valence-corrected chi connectivity index (χ2v) is 6.08. The van der Waals surface area contributed by atoms with Gasteiger partial charge in [-0.25, -0.2) is 4.98 Å². The molecule has 124 valence electrons. The fraction of sp³-hybridized carbons (Fsp3) is 0.136. The van der Waals surface area contributed by atoms with Crippen LogP contribution in [0.15, 0.2) is 84.9 Å². The molecule has 0 spiro atoms. The zero-order valence-corrected chi connectivity index (χ0v) is 14.2. The van der Waals surface area contributed by atoms with Crippen molar-refractivity contribution in [1.82, 2.24) is 9.55 Å². The molecule has 0 unspecified atom stereocenters. The number of aromatic nitrogens is 2. The highest BCUT2D eigenvalue weighted by Gasteiger charge is 2.17. The summed E-state index contributed by atoms with van der Waals surface area (Å²) in [4.78, 5) is 4.81. The third-order valence-electron chi connectivity index (χ3n) is 4.45. The third kappa shape index (κ3) is 3.13. The summed E-state index contributed by atoms with van der Waals surface area (Å²) in [5, 5.41) is 0. The smallest absolute Gasteiger partial charge is 0.148 e. The highest BCUT2D eigenvalue weighted by molar-refractivity contribution is 5.76. The van der Waals surface area contributed by atoms with Gasteiger partial charge in [-0.3, -0.25) is 0 Å². The van der Waals surface area contributed by atoms with E-state index in [1.165, 1.54) is 5.56 Å². The molecular formula is C22H20N2O. The Morgan fingerprint density at radius 2 is 1.48 bits per heavy atom. The van der Waals surface area contributed by atoms with E-state index in [1.54, 1.807) is 0 Å². The normalized spacial score (nSPS) is 12.2. The summed E-state index contributed by atoms with van der Waals surface area (Å²) in [6.07, 6.45) is 0. The van der Waals surface area contributed by atoms with Crippen molar-refractivity contribution < 1.29 is 4.74 Å². The summed E-state index contributed by atoms with van der Waals surface area (Å²) in [7, 11) is 0.